The van der Waals surface area contributed by atoms with Crippen molar-refractivity contribution in [2.24, 2.45) is 5.92 Å². The Labute approximate surface area is 157 Å². The molecule has 1 aromatic carbocycles. The molecule has 0 aliphatic heterocycles. The minimum absolute atomic E-state index is 0.0667. The maximum atomic E-state index is 12.1. The topological polar surface area (TPSA) is 111 Å². The van der Waals surface area contributed by atoms with E-state index in [0.717, 1.165) is 5.56 Å². The molecule has 2 rings (SSSR count). The summed E-state index contributed by atoms with van der Waals surface area (Å²) in [5, 5.41) is 4.89. The van der Waals surface area contributed by atoms with Crippen LogP contribution in [-0.4, -0.2) is 43.4 Å². The second kappa shape index (κ2) is 10.3. The lowest BCUT2D eigenvalue weighted by Gasteiger charge is -2.28. The van der Waals surface area contributed by atoms with Crippen molar-refractivity contribution in [2.75, 3.05) is 13.7 Å². The maximum Gasteiger partial charge on any atom is 0.407 e. The number of amides is 2. The molecule has 1 aliphatic rings. The van der Waals surface area contributed by atoms with E-state index in [1.54, 1.807) is 0 Å². The lowest BCUT2D eigenvalue weighted by atomic mass is 9.83. The van der Waals surface area contributed by atoms with E-state index in [9.17, 15) is 19.2 Å². The zero-order chi connectivity index (χ0) is 19.6. The van der Waals surface area contributed by atoms with Crippen LogP contribution in [-0.2, 0) is 30.5 Å². The Morgan fingerprint density at radius 3 is 2.63 bits per heavy atom. The van der Waals surface area contributed by atoms with Gasteiger partial charge >= 0.3 is 12.1 Å². The molecule has 0 spiro atoms. The van der Waals surface area contributed by atoms with Crippen molar-refractivity contribution in [2.45, 2.75) is 38.3 Å². The molecule has 0 unspecified atom stereocenters. The number of carbonyl (C=O) groups excluding carboxylic acids is 4. The van der Waals surface area contributed by atoms with Gasteiger partial charge in [-0.1, -0.05) is 30.3 Å². The van der Waals surface area contributed by atoms with Gasteiger partial charge in [-0.3, -0.25) is 9.59 Å². The second-order valence-corrected chi connectivity index (χ2v) is 6.38. The van der Waals surface area contributed by atoms with Crippen LogP contribution < -0.4 is 10.6 Å². The molecule has 0 bridgehead atoms. The fourth-order valence-corrected chi connectivity index (χ4v) is 2.99. The van der Waals surface area contributed by atoms with Crippen LogP contribution in [0.2, 0.25) is 0 Å². The van der Waals surface area contributed by atoms with Crippen LogP contribution in [0.4, 0.5) is 4.79 Å². The van der Waals surface area contributed by atoms with Crippen LogP contribution >= 0.6 is 0 Å². The number of hydrogen-bond donors (Lipinski definition) is 2. The van der Waals surface area contributed by atoms with E-state index in [-0.39, 0.29) is 31.3 Å². The van der Waals surface area contributed by atoms with Gasteiger partial charge in [0.1, 0.15) is 25.0 Å². The summed E-state index contributed by atoms with van der Waals surface area (Å²) >= 11 is 0. The Morgan fingerprint density at radius 1 is 1.22 bits per heavy atom. The number of alkyl carbamates (subject to hydrolysis) is 1. The number of benzene rings is 1. The summed E-state index contributed by atoms with van der Waals surface area (Å²) in [5.41, 5.74) is 0.824. The van der Waals surface area contributed by atoms with Gasteiger partial charge in [-0.25, -0.2) is 9.59 Å². The van der Waals surface area contributed by atoms with E-state index >= 15 is 0 Å². The summed E-state index contributed by atoms with van der Waals surface area (Å²) < 4.78 is 9.75. The summed E-state index contributed by atoms with van der Waals surface area (Å²) in [7, 11) is 1.23. The Morgan fingerprint density at radius 2 is 1.96 bits per heavy atom. The maximum absolute atomic E-state index is 12.1. The van der Waals surface area contributed by atoms with Crippen molar-refractivity contribution in [1.29, 1.82) is 0 Å². The Hall–Kier alpha value is -2.90. The highest BCUT2D eigenvalue weighted by Crippen LogP contribution is 2.25. The highest BCUT2D eigenvalue weighted by atomic mass is 16.5. The van der Waals surface area contributed by atoms with E-state index < -0.39 is 24.0 Å². The number of carbonyl (C=O) groups is 4. The van der Waals surface area contributed by atoms with Crippen molar-refractivity contribution in [3.8, 4) is 0 Å². The first-order valence-corrected chi connectivity index (χ1v) is 8.83. The first-order valence-electron chi connectivity index (χ1n) is 8.83. The predicted molar refractivity (Wildman–Crippen MR) is 95.5 cm³/mol. The van der Waals surface area contributed by atoms with Gasteiger partial charge in [0, 0.05) is 12.8 Å². The molecule has 146 valence electrons. The van der Waals surface area contributed by atoms with Gasteiger partial charge in [-0.2, -0.15) is 0 Å². The molecule has 0 saturated heterocycles. The smallest absolute Gasteiger partial charge is 0.407 e. The third-order valence-corrected chi connectivity index (χ3v) is 4.37. The Bertz CT molecular complexity index is 676. The monoisotopic (exact) mass is 376 g/mol. The van der Waals surface area contributed by atoms with Crippen LogP contribution in [0, 0.1) is 5.92 Å². The first-order chi connectivity index (χ1) is 13.0. The molecular formula is C19H24N2O6. The molecule has 8 nitrogen and oxygen atoms in total. The summed E-state index contributed by atoms with van der Waals surface area (Å²) in [6.07, 6.45) is 1.31. The molecule has 27 heavy (non-hydrogen) atoms. The number of ether oxygens (including phenoxy) is 2. The molecule has 1 saturated carbocycles. The fraction of sp³-hybridized carbons (Fsp3) is 0.474. The summed E-state index contributed by atoms with van der Waals surface area (Å²) in [5.74, 6) is -1.39. The van der Waals surface area contributed by atoms with E-state index in [4.69, 9.17) is 9.47 Å². The molecule has 0 radical (unpaired) electrons. The largest absolute Gasteiger partial charge is 0.467 e. The van der Waals surface area contributed by atoms with Crippen LogP contribution in [0.5, 0.6) is 0 Å². The second-order valence-electron chi connectivity index (χ2n) is 6.38. The molecule has 0 aromatic heterocycles. The Balaban J connectivity index is 1.79. The van der Waals surface area contributed by atoms with Gasteiger partial charge in [0.25, 0.3) is 0 Å². The third-order valence-electron chi connectivity index (χ3n) is 4.37. The minimum Gasteiger partial charge on any atom is -0.467 e. The van der Waals surface area contributed by atoms with Crippen molar-refractivity contribution in [3.05, 3.63) is 35.9 Å². The molecule has 1 fully saturated rings. The molecule has 8 heteroatoms. The van der Waals surface area contributed by atoms with Gasteiger partial charge < -0.3 is 20.1 Å². The van der Waals surface area contributed by atoms with Crippen LogP contribution in [0.1, 0.15) is 31.2 Å². The number of nitrogens with one attached hydrogen (secondary N) is 2. The van der Waals surface area contributed by atoms with Crippen LogP contribution in [0.3, 0.4) is 0 Å². The van der Waals surface area contributed by atoms with E-state index in [2.05, 4.69) is 10.6 Å². The van der Waals surface area contributed by atoms with Crippen molar-refractivity contribution in [1.82, 2.24) is 10.6 Å². The lowest BCUT2D eigenvalue weighted by Crippen LogP contribution is -2.50. The number of esters is 1. The summed E-state index contributed by atoms with van der Waals surface area (Å²) in [6.45, 7) is -0.259. The van der Waals surface area contributed by atoms with Crippen molar-refractivity contribution in [3.63, 3.8) is 0 Å². The van der Waals surface area contributed by atoms with Gasteiger partial charge in [0.2, 0.25) is 5.91 Å². The predicted octanol–water partition coefficient (Wildman–Crippen LogP) is 1.33. The number of ketones is 1. The molecule has 2 atom stereocenters. The molecular weight excluding hydrogens is 352 g/mol. The quantitative estimate of drug-likeness (QED) is 0.695. The number of Topliss-reactive ketones (excluding diaryl/α,β-unsaturated/α-hetero) is 1. The average Bonchev–Trinajstić information content (AvgIpc) is 2.69. The zero-order valence-corrected chi connectivity index (χ0v) is 15.2. The van der Waals surface area contributed by atoms with Gasteiger partial charge in [-0.05, 0) is 24.3 Å². The molecule has 1 aliphatic carbocycles. The van der Waals surface area contributed by atoms with Crippen LogP contribution in [0.25, 0.3) is 0 Å². The van der Waals surface area contributed by atoms with Gasteiger partial charge in [0.05, 0.1) is 7.11 Å². The fourth-order valence-electron chi connectivity index (χ4n) is 2.99. The SMILES string of the molecule is COC(=O)[C@@H](NC(=O)CNC(=O)OCc1ccccc1)[C@@H]1CCCC(=O)C1. The van der Waals surface area contributed by atoms with E-state index in [1.807, 2.05) is 30.3 Å². The van der Waals surface area contributed by atoms with E-state index in [0.29, 0.717) is 19.3 Å². The molecule has 1 aromatic rings. The van der Waals surface area contributed by atoms with Crippen LogP contribution in [0.15, 0.2) is 30.3 Å². The van der Waals surface area contributed by atoms with Crippen molar-refractivity contribution < 1.29 is 28.7 Å². The number of rotatable bonds is 7. The van der Waals surface area contributed by atoms with Gasteiger partial charge in [-0.15, -0.1) is 0 Å². The zero-order valence-electron chi connectivity index (χ0n) is 15.2. The highest BCUT2D eigenvalue weighted by molar-refractivity contribution is 5.88. The van der Waals surface area contributed by atoms with E-state index in [1.165, 1.54) is 7.11 Å². The molecule has 2 N–H and O–H groups in total. The van der Waals surface area contributed by atoms with Gasteiger partial charge in [0.15, 0.2) is 0 Å². The number of hydrogen-bond acceptors (Lipinski definition) is 6. The summed E-state index contributed by atoms with van der Waals surface area (Å²) in [6, 6.07) is 8.22. The Kier molecular flexibility index (Phi) is 7.79. The summed E-state index contributed by atoms with van der Waals surface area (Å²) in [4.78, 5) is 47.4. The normalized spacial score (nSPS) is 17.5. The van der Waals surface area contributed by atoms with Crippen molar-refractivity contribution >= 4 is 23.8 Å². The average molecular weight is 376 g/mol. The third kappa shape index (κ3) is 6.73. The number of methoxy groups -OCH3 is 1. The standard InChI is InChI=1S/C19H24N2O6/c1-26-18(24)17(14-8-5-9-15(22)10-14)21-16(23)11-20-19(25)27-12-13-6-3-2-4-7-13/h2-4,6-7,14,17H,5,8-12H2,1H3,(H,20,25)(H,21,23)/t14-,17+/m1/s1. The highest BCUT2D eigenvalue weighted by Gasteiger charge is 2.34. The molecule has 0 heterocycles. The minimum atomic E-state index is -0.908. The first kappa shape index (κ1) is 20.4. The molecule has 2 amide bonds. The lowest BCUT2D eigenvalue weighted by molar-refractivity contribution is -0.147.